The largest absolute Gasteiger partial charge is 0.493 e. The summed E-state index contributed by atoms with van der Waals surface area (Å²) in [5.41, 5.74) is 3.60. The van der Waals surface area contributed by atoms with Crippen molar-refractivity contribution in [2.45, 2.75) is 12.6 Å². The summed E-state index contributed by atoms with van der Waals surface area (Å²) in [6, 6.07) is 24.7. The maximum Gasteiger partial charge on any atom is 0.161 e. The van der Waals surface area contributed by atoms with Crippen molar-refractivity contribution < 1.29 is 9.47 Å². The standard InChI is InChI=1S/C23H24ClNO2/c1-25(16-17-9-14-21(26-2)22(15-17)27-3)23(18-7-5-4-6-8-18)19-10-12-20(24)13-11-19/h4-15,23H,16H2,1-3H3. The van der Waals surface area contributed by atoms with E-state index in [0.29, 0.717) is 0 Å². The molecule has 3 nitrogen and oxygen atoms in total. The normalized spacial score (nSPS) is 12.0. The number of benzene rings is 3. The average molecular weight is 382 g/mol. The number of hydrogen-bond donors (Lipinski definition) is 0. The first-order valence-electron chi connectivity index (χ1n) is 8.84. The Bertz CT molecular complexity index is 865. The summed E-state index contributed by atoms with van der Waals surface area (Å²) in [7, 11) is 5.43. The Morgan fingerprint density at radius 3 is 2.07 bits per heavy atom. The number of halogens is 1. The third kappa shape index (κ3) is 4.62. The minimum atomic E-state index is 0.122. The Kier molecular flexibility index (Phi) is 6.38. The number of methoxy groups -OCH3 is 2. The van der Waals surface area contributed by atoms with E-state index in [9.17, 15) is 0 Å². The molecule has 0 aliphatic carbocycles. The lowest BCUT2D eigenvalue weighted by Crippen LogP contribution is -2.25. The molecule has 0 spiro atoms. The first kappa shape index (κ1) is 19.3. The fraction of sp³-hybridized carbons (Fsp3) is 0.217. The van der Waals surface area contributed by atoms with E-state index < -0.39 is 0 Å². The molecule has 3 aromatic carbocycles. The predicted octanol–water partition coefficient (Wildman–Crippen LogP) is 5.58. The third-order valence-corrected chi connectivity index (χ3v) is 4.87. The van der Waals surface area contributed by atoms with Crippen molar-refractivity contribution in [1.29, 1.82) is 0 Å². The van der Waals surface area contributed by atoms with E-state index in [1.807, 2.05) is 30.3 Å². The molecule has 3 aromatic rings. The fourth-order valence-corrected chi connectivity index (χ4v) is 3.47. The summed E-state index contributed by atoms with van der Waals surface area (Å²) < 4.78 is 10.8. The Morgan fingerprint density at radius 1 is 0.815 bits per heavy atom. The van der Waals surface area contributed by atoms with Gasteiger partial charge in [0.2, 0.25) is 0 Å². The zero-order valence-corrected chi connectivity index (χ0v) is 16.6. The quantitative estimate of drug-likeness (QED) is 0.533. The van der Waals surface area contributed by atoms with Gasteiger partial charge in [-0.15, -0.1) is 0 Å². The molecule has 0 fully saturated rings. The first-order chi connectivity index (χ1) is 13.1. The van der Waals surface area contributed by atoms with Crippen molar-refractivity contribution in [2.75, 3.05) is 21.3 Å². The van der Waals surface area contributed by atoms with Crippen LogP contribution in [0.4, 0.5) is 0 Å². The molecule has 1 atom stereocenters. The molecule has 0 saturated heterocycles. The second kappa shape index (κ2) is 8.94. The van der Waals surface area contributed by atoms with E-state index in [-0.39, 0.29) is 6.04 Å². The number of ether oxygens (including phenoxy) is 2. The smallest absolute Gasteiger partial charge is 0.161 e. The molecule has 0 heterocycles. The van der Waals surface area contributed by atoms with Crippen LogP contribution in [0.1, 0.15) is 22.7 Å². The Morgan fingerprint density at radius 2 is 1.44 bits per heavy atom. The van der Waals surface area contributed by atoms with Crippen molar-refractivity contribution in [3.05, 3.63) is 94.5 Å². The molecule has 0 aliphatic rings. The van der Waals surface area contributed by atoms with Gasteiger partial charge >= 0.3 is 0 Å². The summed E-state index contributed by atoms with van der Waals surface area (Å²) in [5, 5.41) is 0.744. The molecule has 0 aliphatic heterocycles. The molecule has 0 radical (unpaired) electrons. The summed E-state index contributed by atoms with van der Waals surface area (Å²) in [6.45, 7) is 0.766. The van der Waals surface area contributed by atoms with Crippen LogP contribution in [0.15, 0.2) is 72.8 Å². The van der Waals surface area contributed by atoms with Crippen LogP contribution < -0.4 is 9.47 Å². The highest BCUT2D eigenvalue weighted by molar-refractivity contribution is 6.30. The molecular weight excluding hydrogens is 358 g/mol. The molecule has 0 bridgehead atoms. The summed E-state index contributed by atoms with van der Waals surface area (Å²) >= 11 is 6.09. The average Bonchev–Trinajstić information content (AvgIpc) is 2.70. The Balaban J connectivity index is 1.91. The number of nitrogens with zero attached hydrogens (tertiary/aromatic N) is 1. The molecule has 140 valence electrons. The van der Waals surface area contributed by atoms with E-state index in [0.717, 1.165) is 28.6 Å². The van der Waals surface area contributed by atoms with Gasteiger partial charge in [-0.25, -0.2) is 0 Å². The van der Waals surface area contributed by atoms with Crippen molar-refractivity contribution in [3.63, 3.8) is 0 Å². The van der Waals surface area contributed by atoms with Crippen LogP contribution in [0.3, 0.4) is 0 Å². The second-order valence-corrected chi connectivity index (χ2v) is 6.91. The molecular formula is C23H24ClNO2. The maximum absolute atomic E-state index is 6.09. The fourth-order valence-electron chi connectivity index (χ4n) is 3.34. The zero-order chi connectivity index (χ0) is 19.2. The van der Waals surface area contributed by atoms with Crippen molar-refractivity contribution >= 4 is 11.6 Å². The molecule has 0 N–H and O–H groups in total. The maximum atomic E-state index is 6.09. The monoisotopic (exact) mass is 381 g/mol. The van der Waals surface area contributed by atoms with Crippen molar-refractivity contribution in [2.24, 2.45) is 0 Å². The van der Waals surface area contributed by atoms with Crippen LogP contribution in [0.2, 0.25) is 5.02 Å². The molecule has 1 unspecified atom stereocenters. The molecule has 27 heavy (non-hydrogen) atoms. The van der Waals surface area contributed by atoms with Crippen molar-refractivity contribution in [3.8, 4) is 11.5 Å². The van der Waals surface area contributed by atoms with Gasteiger partial charge in [0.15, 0.2) is 11.5 Å². The van der Waals surface area contributed by atoms with Gasteiger partial charge in [-0.3, -0.25) is 4.90 Å². The third-order valence-electron chi connectivity index (χ3n) is 4.62. The predicted molar refractivity (Wildman–Crippen MR) is 111 cm³/mol. The molecule has 0 aromatic heterocycles. The van der Waals surface area contributed by atoms with Gasteiger partial charge in [0, 0.05) is 11.6 Å². The van der Waals surface area contributed by atoms with Crippen LogP contribution in [0.5, 0.6) is 11.5 Å². The highest BCUT2D eigenvalue weighted by Gasteiger charge is 2.20. The van der Waals surface area contributed by atoms with Gasteiger partial charge in [0.1, 0.15) is 0 Å². The van der Waals surface area contributed by atoms with Crippen LogP contribution >= 0.6 is 11.6 Å². The number of hydrogen-bond acceptors (Lipinski definition) is 3. The van der Waals surface area contributed by atoms with Crippen LogP contribution in [-0.4, -0.2) is 26.2 Å². The lowest BCUT2D eigenvalue weighted by atomic mass is 9.97. The van der Waals surface area contributed by atoms with E-state index in [2.05, 4.69) is 54.4 Å². The highest BCUT2D eigenvalue weighted by Crippen LogP contribution is 2.32. The van der Waals surface area contributed by atoms with Crippen LogP contribution in [-0.2, 0) is 6.54 Å². The second-order valence-electron chi connectivity index (χ2n) is 6.47. The lowest BCUT2D eigenvalue weighted by molar-refractivity contribution is 0.269. The molecule has 0 saturated carbocycles. The van der Waals surface area contributed by atoms with Gasteiger partial charge in [-0.1, -0.05) is 60.1 Å². The molecule has 0 amide bonds. The zero-order valence-electron chi connectivity index (χ0n) is 15.9. The minimum absolute atomic E-state index is 0.122. The topological polar surface area (TPSA) is 21.7 Å². The summed E-state index contributed by atoms with van der Waals surface area (Å²) in [4.78, 5) is 2.32. The lowest BCUT2D eigenvalue weighted by Gasteiger charge is -2.29. The van der Waals surface area contributed by atoms with E-state index in [1.165, 1.54) is 11.1 Å². The van der Waals surface area contributed by atoms with Gasteiger partial charge in [0.05, 0.1) is 20.3 Å². The van der Waals surface area contributed by atoms with Gasteiger partial charge in [-0.05, 0) is 48.0 Å². The molecule has 4 heteroatoms. The minimum Gasteiger partial charge on any atom is -0.493 e. The van der Waals surface area contributed by atoms with E-state index in [4.69, 9.17) is 21.1 Å². The first-order valence-corrected chi connectivity index (χ1v) is 9.21. The highest BCUT2D eigenvalue weighted by atomic mass is 35.5. The summed E-state index contributed by atoms with van der Waals surface area (Å²) in [6.07, 6.45) is 0. The Hall–Kier alpha value is -2.49. The number of rotatable bonds is 7. The van der Waals surface area contributed by atoms with Gasteiger partial charge in [0.25, 0.3) is 0 Å². The molecule has 3 rings (SSSR count). The SMILES string of the molecule is COc1ccc(CN(C)C(c2ccccc2)c2ccc(Cl)cc2)cc1OC. The van der Waals surface area contributed by atoms with E-state index >= 15 is 0 Å². The Labute approximate surface area is 166 Å². The van der Waals surface area contributed by atoms with E-state index in [1.54, 1.807) is 14.2 Å². The van der Waals surface area contributed by atoms with Gasteiger partial charge < -0.3 is 9.47 Å². The van der Waals surface area contributed by atoms with Gasteiger partial charge in [-0.2, -0.15) is 0 Å². The van der Waals surface area contributed by atoms with Crippen LogP contribution in [0, 0.1) is 0 Å². The van der Waals surface area contributed by atoms with Crippen molar-refractivity contribution in [1.82, 2.24) is 4.90 Å². The summed E-state index contributed by atoms with van der Waals surface area (Å²) in [5.74, 6) is 1.48. The van der Waals surface area contributed by atoms with Crippen LogP contribution in [0.25, 0.3) is 0 Å².